The average Bonchev–Trinajstić information content (AvgIpc) is 3.12. The Morgan fingerprint density at radius 1 is 1.41 bits per heavy atom. The maximum absolute atomic E-state index is 12.4. The van der Waals surface area contributed by atoms with Gasteiger partial charge in [-0.3, -0.25) is 15.0 Å². The van der Waals surface area contributed by atoms with Crippen molar-refractivity contribution in [3.8, 4) is 0 Å². The number of carbonyl (C=O) groups excluding carboxylic acids is 2. The van der Waals surface area contributed by atoms with E-state index in [1.807, 2.05) is 12.1 Å². The van der Waals surface area contributed by atoms with Crippen molar-refractivity contribution in [3.63, 3.8) is 0 Å². The first-order chi connectivity index (χ1) is 10.6. The van der Waals surface area contributed by atoms with Crippen molar-refractivity contribution in [2.75, 3.05) is 0 Å². The molecular weight excluding hydrogens is 318 g/mol. The lowest BCUT2D eigenvalue weighted by molar-refractivity contribution is -0.136. The summed E-state index contributed by atoms with van der Waals surface area (Å²) in [6.45, 7) is 0. The lowest BCUT2D eigenvalue weighted by Gasteiger charge is -2.23. The monoisotopic (exact) mass is 335 g/mol. The molecule has 1 aliphatic heterocycles. The summed E-state index contributed by atoms with van der Waals surface area (Å²) in [5.74, 6) is -0.378. The van der Waals surface area contributed by atoms with Gasteiger partial charge in [0.2, 0.25) is 5.91 Å². The van der Waals surface area contributed by atoms with Crippen LogP contribution in [-0.4, -0.2) is 26.1 Å². The summed E-state index contributed by atoms with van der Waals surface area (Å²) in [4.78, 5) is 28.2. The van der Waals surface area contributed by atoms with E-state index in [0.717, 1.165) is 31.4 Å². The molecule has 2 heterocycles. The minimum absolute atomic E-state index is 0.00853. The number of H-pyrrole nitrogens is 1. The van der Waals surface area contributed by atoms with Crippen LogP contribution in [-0.2, 0) is 9.59 Å². The Balaban J connectivity index is 1.68. The van der Waals surface area contributed by atoms with E-state index in [9.17, 15) is 9.59 Å². The lowest BCUT2D eigenvalue weighted by Crippen LogP contribution is -2.47. The van der Waals surface area contributed by atoms with Crippen molar-refractivity contribution in [2.24, 2.45) is 5.92 Å². The van der Waals surface area contributed by atoms with Crippen LogP contribution in [0.3, 0.4) is 0 Å². The summed E-state index contributed by atoms with van der Waals surface area (Å²) < 4.78 is 0.368. The average molecular weight is 335 g/mol. The number of nitrogens with zero attached hydrogens (tertiary/aromatic N) is 1. The molecular formula is C15H17N3O2S2. The van der Waals surface area contributed by atoms with Crippen LogP contribution in [0.25, 0.3) is 6.08 Å². The van der Waals surface area contributed by atoms with Gasteiger partial charge in [-0.25, -0.2) is 0 Å². The molecule has 2 aliphatic rings. The zero-order valence-electron chi connectivity index (χ0n) is 12.0. The molecule has 2 amide bonds. The fraction of sp³-hybridized carbons (Fsp3) is 0.400. The molecule has 1 aromatic rings. The van der Waals surface area contributed by atoms with Crippen LogP contribution in [0.15, 0.2) is 23.2 Å². The van der Waals surface area contributed by atoms with E-state index < -0.39 is 0 Å². The van der Waals surface area contributed by atoms with Gasteiger partial charge < -0.3 is 4.98 Å². The summed E-state index contributed by atoms with van der Waals surface area (Å²) in [5, 5.41) is 1.20. The first kappa shape index (κ1) is 15.3. The fourth-order valence-electron chi connectivity index (χ4n) is 2.71. The van der Waals surface area contributed by atoms with Gasteiger partial charge in [-0.15, -0.1) is 0 Å². The van der Waals surface area contributed by atoms with Gasteiger partial charge in [-0.05, 0) is 43.3 Å². The van der Waals surface area contributed by atoms with E-state index in [-0.39, 0.29) is 17.7 Å². The molecule has 2 fully saturated rings. The Bertz CT molecular complexity index is 619. The van der Waals surface area contributed by atoms with Crippen molar-refractivity contribution in [2.45, 2.75) is 32.1 Å². The summed E-state index contributed by atoms with van der Waals surface area (Å²) in [7, 11) is 0. The van der Waals surface area contributed by atoms with Gasteiger partial charge >= 0.3 is 0 Å². The summed E-state index contributed by atoms with van der Waals surface area (Å²) in [6, 6.07) is 3.73. The molecule has 0 aromatic carbocycles. The first-order valence-corrected chi connectivity index (χ1v) is 8.59. The minimum Gasteiger partial charge on any atom is -0.362 e. The maximum Gasteiger partial charge on any atom is 0.285 e. The van der Waals surface area contributed by atoms with Gasteiger partial charge in [0.1, 0.15) is 0 Å². The number of thiocarbonyl (C=S) groups is 1. The third-order valence-electron chi connectivity index (χ3n) is 3.90. The van der Waals surface area contributed by atoms with E-state index in [1.54, 1.807) is 12.3 Å². The van der Waals surface area contributed by atoms with Crippen LogP contribution < -0.4 is 5.43 Å². The Kier molecular flexibility index (Phi) is 4.63. The van der Waals surface area contributed by atoms with Crippen molar-refractivity contribution in [1.82, 2.24) is 15.4 Å². The number of aromatic amines is 1. The van der Waals surface area contributed by atoms with Gasteiger partial charge in [0.25, 0.3) is 5.91 Å². The van der Waals surface area contributed by atoms with E-state index in [0.29, 0.717) is 9.23 Å². The first-order valence-electron chi connectivity index (χ1n) is 7.37. The molecule has 2 N–H and O–H groups in total. The number of carbonyl (C=O) groups is 2. The van der Waals surface area contributed by atoms with Gasteiger partial charge in [-0.1, -0.05) is 31.0 Å². The van der Waals surface area contributed by atoms with Gasteiger partial charge in [-0.2, -0.15) is 5.01 Å². The van der Waals surface area contributed by atoms with Gasteiger partial charge in [0.05, 0.1) is 4.91 Å². The zero-order chi connectivity index (χ0) is 15.5. The van der Waals surface area contributed by atoms with Crippen molar-refractivity contribution in [1.29, 1.82) is 0 Å². The quantitative estimate of drug-likeness (QED) is 0.658. The molecule has 1 aliphatic carbocycles. The molecule has 0 radical (unpaired) electrons. The van der Waals surface area contributed by atoms with Crippen molar-refractivity contribution in [3.05, 3.63) is 28.9 Å². The van der Waals surface area contributed by atoms with E-state index >= 15 is 0 Å². The Hall–Kier alpha value is -1.60. The van der Waals surface area contributed by atoms with E-state index in [1.165, 1.54) is 23.2 Å². The molecule has 0 atom stereocenters. The fourth-order valence-corrected chi connectivity index (χ4v) is 3.88. The minimum atomic E-state index is -0.270. The normalized spacial score (nSPS) is 21.6. The highest BCUT2D eigenvalue weighted by Gasteiger charge is 2.35. The molecule has 3 rings (SSSR count). The second-order valence-electron chi connectivity index (χ2n) is 5.45. The zero-order valence-corrected chi connectivity index (χ0v) is 13.6. The molecule has 5 nitrogen and oxygen atoms in total. The van der Waals surface area contributed by atoms with E-state index in [4.69, 9.17) is 12.2 Å². The van der Waals surface area contributed by atoms with Crippen LogP contribution >= 0.6 is 24.0 Å². The predicted molar refractivity (Wildman–Crippen MR) is 90.5 cm³/mol. The van der Waals surface area contributed by atoms with E-state index in [2.05, 4.69) is 10.4 Å². The van der Waals surface area contributed by atoms with Crippen LogP contribution in [0.5, 0.6) is 0 Å². The number of rotatable bonds is 3. The third kappa shape index (κ3) is 3.25. The molecule has 1 aromatic heterocycles. The number of hydrazine groups is 1. The highest BCUT2D eigenvalue weighted by molar-refractivity contribution is 8.26. The Morgan fingerprint density at radius 3 is 2.86 bits per heavy atom. The molecule has 7 heteroatoms. The Labute approximate surface area is 138 Å². The summed E-state index contributed by atoms with van der Waals surface area (Å²) in [6.07, 6.45) is 8.64. The second-order valence-corrected chi connectivity index (χ2v) is 7.13. The van der Waals surface area contributed by atoms with Crippen LogP contribution in [0.1, 0.15) is 37.8 Å². The summed E-state index contributed by atoms with van der Waals surface area (Å²) >= 11 is 6.42. The lowest BCUT2D eigenvalue weighted by atomic mass is 9.89. The van der Waals surface area contributed by atoms with Gasteiger partial charge in [0, 0.05) is 17.8 Å². The van der Waals surface area contributed by atoms with Gasteiger partial charge in [0.15, 0.2) is 4.32 Å². The largest absolute Gasteiger partial charge is 0.362 e. The molecule has 0 unspecified atom stereocenters. The van der Waals surface area contributed by atoms with Crippen molar-refractivity contribution >= 4 is 46.2 Å². The molecule has 22 heavy (non-hydrogen) atoms. The number of thioether (sulfide) groups is 1. The third-order valence-corrected chi connectivity index (χ3v) is 5.20. The molecule has 1 saturated heterocycles. The standard InChI is InChI=1S/C15H17N3O2S2/c19-13(10-5-2-1-3-6-10)17-18-14(20)12(22-15(18)21)9-11-7-4-8-16-11/h4,7-10,16H,1-3,5-6H2,(H,17,19)/b12-9+. The number of hydrogen-bond donors (Lipinski definition) is 2. The molecule has 0 spiro atoms. The number of amides is 2. The molecule has 116 valence electrons. The SMILES string of the molecule is O=C(NN1C(=O)/C(=C\c2ccc[nH]2)SC1=S)C1CCCCC1. The van der Waals surface area contributed by atoms with Crippen LogP contribution in [0.4, 0.5) is 0 Å². The number of hydrogen-bond acceptors (Lipinski definition) is 4. The molecule has 0 bridgehead atoms. The highest BCUT2D eigenvalue weighted by atomic mass is 32.2. The number of aromatic nitrogens is 1. The summed E-state index contributed by atoms with van der Waals surface area (Å²) in [5.41, 5.74) is 3.52. The van der Waals surface area contributed by atoms with Crippen molar-refractivity contribution < 1.29 is 9.59 Å². The smallest absolute Gasteiger partial charge is 0.285 e. The van der Waals surface area contributed by atoms with Crippen LogP contribution in [0.2, 0.25) is 0 Å². The highest BCUT2D eigenvalue weighted by Crippen LogP contribution is 2.31. The molecule has 1 saturated carbocycles. The predicted octanol–water partition coefficient (Wildman–Crippen LogP) is 2.83. The second kappa shape index (κ2) is 6.66. The maximum atomic E-state index is 12.4. The number of nitrogens with one attached hydrogen (secondary N) is 2. The topological polar surface area (TPSA) is 65.2 Å². The Morgan fingerprint density at radius 2 is 2.18 bits per heavy atom. The van der Waals surface area contributed by atoms with Crippen LogP contribution in [0, 0.1) is 5.92 Å².